The van der Waals surface area contributed by atoms with Gasteiger partial charge in [-0.25, -0.2) is 0 Å². The average molecular weight is 286 g/mol. The van der Waals surface area contributed by atoms with Gasteiger partial charge in [0.1, 0.15) is 11.5 Å². The highest BCUT2D eigenvalue weighted by molar-refractivity contribution is 6.10. The second-order valence-corrected chi connectivity index (χ2v) is 5.54. The molecule has 0 amide bonds. The maximum atomic E-state index is 12.6. The van der Waals surface area contributed by atoms with Crippen molar-refractivity contribution < 1.29 is 18.7 Å². The largest absolute Gasteiger partial charge is 0.489 e. The number of carbonyl (C=O) groups excluding carboxylic acids is 1. The van der Waals surface area contributed by atoms with E-state index in [1.54, 1.807) is 31.2 Å². The van der Waals surface area contributed by atoms with Crippen molar-refractivity contribution in [3.63, 3.8) is 0 Å². The highest BCUT2D eigenvalue weighted by atomic mass is 16.5. The minimum atomic E-state index is -0.0620. The average Bonchev–Trinajstić information content (AvgIpc) is 2.69. The molecule has 0 N–H and O–H groups in total. The third kappa shape index (κ3) is 2.66. The zero-order chi connectivity index (χ0) is 15.0. The standard InChI is InChI=1S/C17H18O4/c1-10-8-19-15-5-4-13(7-16(15)20-9-10)17(18)14-6-11(2)21-12(14)3/h4-7,10H,8-9H2,1-3H3. The lowest BCUT2D eigenvalue weighted by atomic mass is 10.0. The van der Waals surface area contributed by atoms with Gasteiger partial charge in [0.15, 0.2) is 17.3 Å². The predicted octanol–water partition coefficient (Wildman–Crippen LogP) is 3.53. The van der Waals surface area contributed by atoms with Gasteiger partial charge in [0.25, 0.3) is 0 Å². The molecule has 1 unspecified atom stereocenters. The number of furan rings is 1. The highest BCUT2D eigenvalue weighted by Gasteiger charge is 2.20. The molecule has 2 heterocycles. The number of rotatable bonds is 2. The normalized spacial score (nSPS) is 17.4. The minimum absolute atomic E-state index is 0.0620. The third-order valence-electron chi connectivity index (χ3n) is 3.54. The van der Waals surface area contributed by atoms with Crippen molar-refractivity contribution >= 4 is 5.78 Å². The number of hydrogen-bond donors (Lipinski definition) is 0. The van der Waals surface area contributed by atoms with E-state index in [0.717, 1.165) is 5.76 Å². The summed E-state index contributed by atoms with van der Waals surface area (Å²) in [7, 11) is 0. The Balaban J connectivity index is 1.93. The van der Waals surface area contributed by atoms with Gasteiger partial charge in [0.2, 0.25) is 0 Å². The number of aryl methyl sites for hydroxylation is 2. The monoisotopic (exact) mass is 286 g/mol. The Hall–Kier alpha value is -2.23. The van der Waals surface area contributed by atoms with Gasteiger partial charge < -0.3 is 13.9 Å². The third-order valence-corrected chi connectivity index (χ3v) is 3.54. The van der Waals surface area contributed by atoms with Crippen LogP contribution in [0.3, 0.4) is 0 Å². The summed E-state index contributed by atoms with van der Waals surface area (Å²) in [5.41, 5.74) is 1.17. The lowest BCUT2D eigenvalue weighted by molar-refractivity contribution is 0.103. The quantitative estimate of drug-likeness (QED) is 0.792. The molecule has 0 radical (unpaired) electrons. The summed E-state index contributed by atoms with van der Waals surface area (Å²) < 4.78 is 16.8. The molecule has 1 aromatic carbocycles. The molecule has 3 rings (SSSR count). The molecule has 1 aliphatic rings. The van der Waals surface area contributed by atoms with Crippen LogP contribution in [0.2, 0.25) is 0 Å². The fourth-order valence-corrected chi connectivity index (χ4v) is 2.41. The Labute approximate surface area is 123 Å². The summed E-state index contributed by atoms with van der Waals surface area (Å²) in [6, 6.07) is 7.07. The van der Waals surface area contributed by atoms with E-state index in [1.165, 1.54) is 0 Å². The molecule has 2 aromatic rings. The van der Waals surface area contributed by atoms with Crippen molar-refractivity contribution in [3.05, 3.63) is 46.9 Å². The van der Waals surface area contributed by atoms with E-state index in [0.29, 0.717) is 47.5 Å². The van der Waals surface area contributed by atoms with Crippen LogP contribution in [0.25, 0.3) is 0 Å². The zero-order valence-electron chi connectivity index (χ0n) is 12.4. The first-order valence-corrected chi connectivity index (χ1v) is 7.06. The fourth-order valence-electron chi connectivity index (χ4n) is 2.41. The predicted molar refractivity (Wildman–Crippen MR) is 78.2 cm³/mol. The summed E-state index contributed by atoms with van der Waals surface area (Å²) in [5.74, 6) is 2.96. The Bertz CT molecular complexity index is 684. The van der Waals surface area contributed by atoms with Gasteiger partial charge in [0.05, 0.1) is 18.8 Å². The first-order valence-electron chi connectivity index (χ1n) is 7.06. The number of benzene rings is 1. The molecule has 110 valence electrons. The van der Waals surface area contributed by atoms with Crippen LogP contribution in [0, 0.1) is 19.8 Å². The van der Waals surface area contributed by atoms with E-state index < -0.39 is 0 Å². The zero-order valence-corrected chi connectivity index (χ0v) is 12.4. The van der Waals surface area contributed by atoms with Crippen molar-refractivity contribution in [2.24, 2.45) is 5.92 Å². The second-order valence-electron chi connectivity index (χ2n) is 5.54. The lowest BCUT2D eigenvalue weighted by Crippen LogP contribution is -2.12. The molecule has 21 heavy (non-hydrogen) atoms. The number of ether oxygens (including phenoxy) is 2. The van der Waals surface area contributed by atoms with Crippen LogP contribution in [0.1, 0.15) is 34.4 Å². The number of fused-ring (bicyclic) bond motifs is 1. The molecular formula is C17H18O4. The molecule has 0 fully saturated rings. The molecule has 0 bridgehead atoms. The molecule has 1 atom stereocenters. The molecular weight excluding hydrogens is 268 g/mol. The van der Waals surface area contributed by atoms with Crippen molar-refractivity contribution in [3.8, 4) is 11.5 Å². The molecule has 4 heteroatoms. The van der Waals surface area contributed by atoms with E-state index in [9.17, 15) is 4.79 Å². The summed E-state index contributed by atoms with van der Waals surface area (Å²) >= 11 is 0. The Morgan fingerprint density at radius 2 is 1.81 bits per heavy atom. The van der Waals surface area contributed by atoms with Crippen LogP contribution in [-0.4, -0.2) is 19.0 Å². The molecule has 1 aliphatic heterocycles. The van der Waals surface area contributed by atoms with Gasteiger partial charge in [0, 0.05) is 11.5 Å². The lowest BCUT2D eigenvalue weighted by Gasteiger charge is -2.08. The maximum absolute atomic E-state index is 12.6. The van der Waals surface area contributed by atoms with Gasteiger partial charge in [-0.1, -0.05) is 6.92 Å². The summed E-state index contributed by atoms with van der Waals surface area (Å²) in [5, 5.41) is 0. The van der Waals surface area contributed by atoms with Crippen molar-refractivity contribution in [1.29, 1.82) is 0 Å². The van der Waals surface area contributed by atoms with E-state index in [2.05, 4.69) is 6.92 Å². The second kappa shape index (κ2) is 5.28. The van der Waals surface area contributed by atoms with Crippen LogP contribution in [0.15, 0.2) is 28.7 Å². The SMILES string of the molecule is Cc1cc(C(=O)c2ccc3c(c2)OCC(C)CO3)c(C)o1. The van der Waals surface area contributed by atoms with Crippen molar-refractivity contribution in [2.45, 2.75) is 20.8 Å². The fraction of sp³-hybridized carbons (Fsp3) is 0.353. The van der Waals surface area contributed by atoms with Gasteiger partial charge in [-0.3, -0.25) is 4.79 Å². The summed E-state index contributed by atoms with van der Waals surface area (Å²) in [4.78, 5) is 12.6. The van der Waals surface area contributed by atoms with Crippen molar-refractivity contribution in [2.75, 3.05) is 13.2 Å². The van der Waals surface area contributed by atoms with Gasteiger partial charge in [-0.15, -0.1) is 0 Å². The first-order chi connectivity index (χ1) is 10.0. The Morgan fingerprint density at radius 3 is 2.48 bits per heavy atom. The van der Waals surface area contributed by atoms with E-state index in [4.69, 9.17) is 13.9 Å². The molecule has 0 saturated heterocycles. The number of carbonyl (C=O) groups is 1. The van der Waals surface area contributed by atoms with Crippen LogP contribution >= 0.6 is 0 Å². The van der Waals surface area contributed by atoms with E-state index >= 15 is 0 Å². The van der Waals surface area contributed by atoms with E-state index in [-0.39, 0.29) is 5.78 Å². The Kier molecular flexibility index (Phi) is 3.45. The number of ketones is 1. The molecule has 1 aromatic heterocycles. The maximum Gasteiger partial charge on any atom is 0.196 e. The van der Waals surface area contributed by atoms with Crippen LogP contribution in [-0.2, 0) is 0 Å². The number of hydrogen-bond acceptors (Lipinski definition) is 4. The van der Waals surface area contributed by atoms with Crippen LogP contribution < -0.4 is 9.47 Å². The minimum Gasteiger partial charge on any atom is -0.489 e. The van der Waals surface area contributed by atoms with Crippen LogP contribution in [0.5, 0.6) is 11.5 Å². The smallest absolute Gasteiger partial charge is 0.196 e. The topological polar surface area (TPSA) is 48.7 Å². The first kappa shape index (κ1) is 13.7. The van der Waals surface area contributed by atoms with Crippen molar-refractivity contribution in [1.82, 2.24) is 0 Å². The Morgan fingerprint density at radius 1 is 1.10 bits per heavy atom. The van der Waals surface area contributed by atoms with E-state index in [1.807, 2.05) is 6.92 Å². The molecule has 0 aliphatic carbocycles. The van der Waals surface area contributed by atoms with Crippen LogP contribution in [0.4, 0.5) is 0 Å². The molecule has 0 saturated carbocycles. The van der Waals surface area contributed by atoms with Gasteiger partial charge in [-0.2, -0.15) is 0 Å². The van der Waals surface area contributed by atoms with Gasteiger partial charge >= 0.3 is 0 Å². The summed E-state index contributed by atoms with van der Waals surface area (Å²) in [6.45, 7) is 6.91. The summed E-state index contributed by atoms with van der Waals surface area (Å²) in [6.07, 6.45) is 0. The molecule has 4 nitrogen and oxygen atoms in total. The highest BCUT2D eigenvalue weighted by Crippen LogP contribution is 2.32. The molecule has 0 spiro atoms. The van der Waals surface area contributed by atoms with Gasteiger partial charge in [-0.05, 0) is 38.1 Å².